The van der Waals surface area contributed by atoms with Crippen molar-refractivity contribution in [3.8, 4) is 0 Å². The average molecular weight is 417 g/mol. The molecule has 1 amide bonds. The van der Waals surface area contributed by atoms with Crippen LogP contribution < -0.4 is 9.62 Å². The minimum atomic E-state index is -3.42. The molecule has 0 saturated heterocycles. The fraction of sp³-hybridized carbons (Fsp3) is 0.435. The van der Waals surface area contributed by atoms with Gasteiger partial charge in [0.25, 0.3) is 0 Å². The lowest BCUT2D eigenvalue weighted by Gasteiger charge is -2.23. The molecule has 29 heavy (non-hydrogen) atoms. The number of anilines is 1. The van der Waals surface area contributed by atoms with Crippen molar-refractivity contribution in [3.63, 3.8) is 0 Å². The van der Waals surface area contributed by atoms with Gasteiger partial charge >= 0.3 is 0 Å². The van der Waals surface area contributed by atoms with Crippen molar-refractivity contribution in [2.45, 2.75) is 53.0 Å². The molecule has 6 heteroatoms. The van der Waals surface area contributed by atoms with Gasteiger partial charge in [0.1, 0.15) is 0 Å². The SMILES string of the molecule is CC[C@@H](NC(=O)CCCN(c1cc(C)cc(C)c1)S(C)(=O)=O)c1ccc(C)cc1. The molecule has 0 heterocycles. The van der Waals surface area contributed by atoms with Crippen molar-refractivity contribution in [1.82, 2.24) is 5.32 Å². The Morgan fingerprint density at radius 3 is 2.10 bits per heavy atom. The molecule has 158 valence electrons. The van der Waals surface area contributed by atoms with Crippen LogP contribution in [0.1, 0.15) is 54.5 Å². The lowest BCUT2D eigenvalue weighted by atomic mass is 10.0. The third kappa shape index (κ3) is 6.89. The fourth-order valence-corrected chi connectivity index (χ4v) is 4.40. The van der Waals surface area contributed by atoms with E-state index in [2.05, 4.69) is 5.32 Å². The van der Waals surface area contributed by atoms with Gasteiger partial charge < -0.3 is 5.32 Å². The first-order chi connectivity index (χ1) is 13.6. The Morgan fingerprint density at radius 1 is 1.00 bits per heavy atom. The van der Waals surface area contributed by atoms with Gasteiger partial charge in [-0.25, -0.2) is 8.42 Å². The summed E-state index contributed by atoms with van der Waals surface area (Å²) < 4.78 is 26.0. The number of nitrogens with zero attached hydrogens (tertiary/aromatic N) is 1. The van der Waals surface area contributed by atoms with Crippen LogP contribution >= 0.6 is 0 Å². The lowest BCUT2D eigenvalue weighted by Crippen LogP contribution is -2.33. The van der Waals surface area contributed by atoms with Crippen molar-refractivity contribution in [2.24, 2.45) is 0 Å². The van der Waals surface area contributed by atoms with Crippen LogP contribution in [-0.4, -0.2) is 27.1 Å². The van der Waals surface area contributed by atoms with E-state index < -0.39 is 10.0 Å². The number of hydrogen-bond acceptors (Lipinski definition) is 3. The van der Waals surface area contributed by atoms with Crippen LogP contribution in [0.2, 0.25) is 0 Å². The summed E-state index contributed by atoms with van der Waals surface area (Å²) in [6.45, 7) is 8.24. The van der Waals surface area contributed by atoms with E-state index in [-0.39, 0.29) is 24.9 Å². The number of aryl methyl sites for hydroxylation is 3. The van der Waals surface area contributed by atoms with Gasteiger partial charge in [0.15, 0.2) is 0 Å². The number of carbonyl (C=O) groups is 1. The second kappa shape index (κ2) is 9.92. The van der Waals surface area contributed by atoms with Gasteiger partial charge in [-0.2, -0.15) is 0 Å². The molecule has 2 aromatic carbocycles. The molecular weight excluding hydrogens is 384 g/mol. The molecule has 0 bridgehead atoms. The highest BCUT2D eigenvalue weighted by Gasteiger charge is 2.19. The average Bonchev–Trinajstić information content (AvgIpc) is 2.62. The first-order valence-corrected chi connectivity index (χ1v) is 11.9. The Morgan fingerprint density at radius 2 is 1.59 bits per heavy atom. The molecule has 0 spiro atoms. The Balaban J connectivity index is 1.99. The number of benzene rings is 2. The van der Waals surface area contributed by atoms with Crippen LogP contribution in [0, 0.1) is 20.8 Å². The topological polar surface area (TPSA) is 66.5 Å². The predicted molar refractivity (Wildman–Crippen MR) is 120 cm³/mol. The second-order valence-electron chi connectivity index (χ2n) is 7.72. The Bertz CT molecular complexity index is 917. The smallest absolute Gasteiger partial charge is 0.232 e. The molecule has 2 aromatic rings. The van der Waals surface area contributed by atoms with Crippen molar-refractivity contribution in [2.75, 3.05) is 17.1 Å². The van der Waals surface area contributed by atoms with Gasteiger partial charge in [-0.1, -0.05) is 42.8 Å². The molecule has 0 aliphatic rings. The summed E-state index contributed by atoms with van der Waals surface area (Å²) in [5, 5.41) is 3.07. The van der Waals surface area contributed by atoms with E-state index in [1.165, 1.54) is 16.1 Å². The van der Waals surface area contributed by atoms with Crippen LogP contribution in [0.5, 0.6) is 0 Å². The maximum Gasteiger partial charge on any atom is 0.232 e. The zero-order valence-electron chi connectivity index (χ0n) is 18.0. The van der Waals surface area contributed by atoms with Gasteiger partial charge in [-0.15, -0.1) is 0 Å². The van der Waals surface area contributed by atoms with Crippen LogP contribution in [-0.2, 0) is 14.8 Å². The second-order valence-corrected chi connectivity index (χ2v) is 9.63. The van der Waals surface area contributed by atoms with Crippen molar-refractivity contribution in [3.05, 3.63) is 64.7 Å². The third-order valence-corrected chi connectivity index (χ3v) is 6.08. The first kappa shape index (κ1) is 22.9. The summed E-state index contributed by atoms with van der Waals surface area (Å²) in [6, 6.07) is 13.8. The standard InChI is InChI=1S/C23H32N2O3S/c1-6-22(20-11-9-17(2)10-12-20)24-23(26)8-7-13-25(29(5,27)28)21-15-18(3)14-19(4)16-21/h9-12,14-16,22H,6-8,13H2,1-5H3,(H,24,26)/t22-/m1/s1. The highest BCUT2D eigenvalue weighted by atomic mass is 32.2. The van der Waals surface area contributed by atoms with Crippen LogP contribution in [0.3, 0.4) is 0 Å². The molecule has 0 aromatic heterocycles. The van der Waals surface area contributed by atoms with Gasteiger partial charge in [0.05, 0.1) is 18.0 Å². The number of carbonyl (C=O) groups excluding carboxylic acids is 1. The molecular formula is C23H32N2O3S. The number of amides is 1. The Hall–Kier alpha value is -2.34. The molecule has 0 radical (unpaired) electrons. The molecule has 0 unspecified atom stereocenters. The summed E-state index contributed by atoms with van der Waals surface area (Å²) in [5.74, 6) is -0.0636. The zero-order valence-corrected chi connectivity index (χ0v) is 18.8. The number of hydrogen-bond donors (Lipinski definition) is 1. The number of rotatable bonds is 9. The monoisotopic (exact) mass is 416 g/mol. The summed E-state index contributed by atoms with van der Waals surface area (Å²) in [5.41, 5.74) is 4.93. The first-order valence-electron chi connectivity index (χ1n) is 10.0. The molecule has 5 nitrogen and oxygen atoms in total. The summed E-state index contributed by atoms with van der Waals surface area (Å²) in [7, 11) is -3.42. The maximum absolute atomic E-state index is 12.4. The van der Waals surface area contributed by atoms with Crippen LogP contribution in [0.25, 0.3) is 0 Å². The minimum Gasteiger partial charge on any atom is -0.349 e. The van der Waals surface area contributed by atoms with E-state index >= 15 is 0 Å². The Labute approximate surface area is 175 Å². The Kier molecular flexibility index (Phi) is 7.85. The molecule has 0 saturated carbocycles. The lowest BCUT2D eigenvalue weighted by molar-refractivity contribution is -0.121. The van der Waals surface area contributed by atoms with E-state index in [9.17, 15) is 13.2 Å². The largest absolute Gasteiger partial charge is 0.349 e. The van der Waals surface area contributed by atoms with E-state index in [0.29, 0.717) is 12.1 Å². The van der Waals surface area contributed by atoms with Crippen molar-refractivity contribution < 1.29 is 13.2 Å². The molecule has 0 aliphatic heterocycles. The highest BCUT2D eigenvalue weighted by Crippen LogP contribution is 2.22. The zero-order chi connectivity index (χ0) is 21.6. The van der Waals surface area contributed by atoms with Gasteiger partial charge in [-0.3, -0.25) is 9.10 Å². The predicted octanol–water partition coefficient (Wildman–Crippen LogP) is 4.43. The summed E-state index contributed by atoms with van der Waals surface area (Å²) in [4.78, 5) is 12.4. The van der Waals surface area contributed by atoms with Crippen molar-refractivity contribution in [1.29, 1.82) is 0 Å². The minimum absolute atomic E-state index is 0.0338. The van der Waals surface area contributed by atoms with Gasteiger partial charge in [0.2, 0.25) is 15.9 Å². The molecule has 1 N–H and O–H groups in total. The normalized spacial score (nSPS) is 12.4. The van der Waals surface area contributed by atoms with Gasteiger partial charge in [0, 0.05) is 13.0 Å². The van der Waals surface area contributed by atoms with Crippen LogP contribution in [0.4, 0.5) is 5.69 Å². The molecule has 0 fully saturated rings. The molecule has 0 aliphatic carbocycles. The third-order valence-electron chi connectivity index (χ3n) is 4.88. The van der Waals surface area contributed by atoms with Crippen LogP contribution in [0.15, 0.2) is 42.5 Å². The summed E-state index contributed by atoms with van der Waals surface area (Å²) in [6.07, 6.45) is 2.73. The molecule has 1 atom stereocenters. The fourth-order valence-electron chi connectivity index (χ4n) is 3.45. The maximum atomic E-state index is 12.4. The van der Waals surface area contributed by atoms with E-state index in [1.807, 2.05) is 70.2 Å². The number of nitrogens with one attached hydrogen (secondary N) is 1. The van der Waals surface area contributed by atoms with Gasteiger partial charge in [-0.05, 0) is 62.4 Å². The quantitative estimate of drug-likeness (QED) is 0.658. The number of sulfonamides is 1. The van der Waals surface area contributed by atoms with Crippen molar-refractivity contribution >= 4 is 21.6 Å². The van der Waals surface area contributed by atoms with E-state index in [1.54, 1.807) is 0 Å². The summed E-state index contributed by atoms with van der Waals surface area (Å²) >= 11 is 0. The van der Waals surface area contributed by atoms with E-state index in [0.717, 1.165) is 23.1 Å². The molecule has 2 rings (SSSR count). The van der Waals surface area contributed by atoms with E-state index in [4.69, 9.17) is 0 Å². The highest BCUT2D eigenvalue weighted by molar-refractivity contribution is 7.92.